The van der Waals surface area contributed by atoms with Gasteiger partial charge < -0.3 is 10.1 Å². The summed E-state index contributed by atoms with van der Waals surface area (Å²) in [6.45, 7) is 8.57. The lowest BCUT2D eigenvalue weighted by Crippen LogP contribution is -2.32. The van der Waals surface area contributed by atoms with E-state index in [1.54, 1.807) is 0 Å². The fourth-order valence-corrected chi connectivity index (χ4v) is 4.30. The van der Waals surface area contributed by atoms with Gasteiger partial charge in [0.05, 0.1) is 10.6 Å². The second kappa shape index (κ2) is 5.67. The van der Waals surface area contributed by atoms with Crippen LogP contribution in [0, 0.1) is 0 Å². The fraction of sp³-hybridized carbons (Fsp3) is 0.273. The van der Waals surface area contributed by atoms with Crippen molar-refractivity contribution < 1.29 is 4.74 Å². The summed E-state index contributed by atoms with van der Waals surface area (Å²) in [5, 5.41) is 4.35. The lowest BCUT2D eigenvalue weighted by molar-refractivity contribution is 0.251. The Morgan fingerprint density at radius 3 is 2.72 bits per heavy atom. The number of anilines is 1. The molecule has 4 rings (SSSR count). The second-order valence-corrected chi connectivity index (χ2v) is 7.71. The van der Waals surface area contributed by atoms with E-state index in [4.69, 9.17) is 16.3 Å². The molecule has 0 spiro atoms. The van der Waals surface area contributed by atoms with Gasteiger partial charge in [-0.15, -0.1) is 0 Å². The van der Waals surface area contributed by atoms with Crippen LogP contribution in [0.4, 0.5) is 5.69 Å². The molecule has 0 fully saturated rings. The maximum atomic E-state index is 6.53. The standard InChI is InChI=1S/C22H22ClNO/c1-5-7-17-21-14(20-15(23)8-6-9-18(20)25-17)10-11-16-19(21)13(2)12-22(3,4)24-16/h5-12,17,24H,1-4H3. The summed E-state index contributed by atoms with van der Waals surface area (Å²) < 4.78 is 6.32. The van der Waals surface area contributed by atoms with Crippen molar-refractivity contribution >= 4 is 22.9 Å². The van der Waals surface area contributed by atoms with E-state index in [2.05, 4.69) is 50.4 Å². The Kier molecular flexibility index (Phi) is 3.69. The molecule has 0 aromatic heterocycles. The van der Waals surface area contributed by atoms with Crippen molar-refractivity contribution in [1.82, 2.24) is 0 Å². The highest BCUT2D eigenvalue weighted by molar-refractivity contribution is 6.33. The molecule has 0 saturated heterocycles. The highest BCUT2D eigenvalue weighted by Gasteiger charge is 2.33. The summed E-state index contributed by atoms with van der Waals surface area (Å²) in [4.78, 5) is 0. The molecule has 2 aromatic carbocycles. The van der Waals surface area contributed by atoms with Crippen molar-refractivity contribution in [3.63, 3.8) is 0 Å². The summed E-state index contributed by atoms with van der Waals surface area (Å²) in [5.74, 6) is 0.841. The first kappa shape index (κ1) is 16.3. The smallest absolute Gasteiger partial charge is 0.143 e. The maximum absolute atomic E-state index is 6.53. The number of nitrogens with one attached hydrogen (secondary N) is 1. The molecule has 25 heavy (non-hydrogen) atoms. The molecule has 2 aliphatic rings. The summed E-state index contributed by atoms with van der Waals surface area (Å²) >= 11 is 6.53. The molecule has 0 amide bonds. The van der Waals surface area contributed by atoms with Crippen LogP contribution in [0.3, 0.4) is 0 Å². The number of hydrogen-bond donors (Lipinski definition) is 1. The van der Waals surface area contributed by atoms with Gasteiger partial charge in [0.2, 0.25) is 0 Å². The van der Waals surface area contributed by atoms with E-state index in [9.17, 15) is 0 Å². The summed E-state index contributed by atoms with van der Waals surface area (Å²) in [7, 11) is 0. The zero-order chi connectivity index (χ0) is 17.8. The van der Waals surface area contributed by atoms with Gasteiger partial charge in [-0.1, -0.05) is 35.9 Å². The van der Waals surface area contributed by atoms with Crippen LogP contribution in [0.1, 0.15) is 44.9 Å². The first-order valence-electron chi connectivity index (χ1n) is 8.64. The molecular weight excluding hydrogens is 330 g/mol. The fourth-order valence-electron chi connectivity index (χ4n) is 4.03. The van der Waals surface area contributed by atoms with Crippen LogP contribution < -0.4 is 10.1 Å². The molecule has 128 valence electrons. The zero-order valence-corrected chi connectivity index (χ0v) is 15.7. The number of fused-ring (bicyclic) bond motifs is 5. The van der Waals surface area contributed by atoms with Gasteiger partial charge in [-0.25, -0.2) is 0 Å². The first-order chi connectivity index (χ1) is 11.9. The van der Waals surface area contributed by atoms with Crippen molar-refractivity contribution in [1.29, 1.82) is 0 Å². The Morgan fingerprint density at radius 2 is 1.96 bits per heavy atom. The van der Waals surface area contributed by atoms with Crippen LogP contribution in [0.2, 0.25) is 5.02 Å². The van der Waals surface area contributed by atoms with E-state index < -0.39 is 0 Å². The molecule has 1 N–H and O–H groups in total. The second-order valence-electron chi connectivity index (χ2n) is 7.30. The van der Waals surface area contributed by atoms with Crippen LogP contribution in [0.5, 0.6) is 5.75 Å². The topological polar surface area (TPSA) is 21.3 Å². The van der Waals surface area contributed by atoms with E-state index in [0.717, 1.165) is 27.6 Å². The van der Waals surface area contributed by atoms with Crippen molar-refractivity contribution in [3.05, 3.63) is 64.7 Å². The molecule has 0 aliphatic carbocycles. The third-order valence-corrected chi connectivity index (χ3v) is 5.14. The molecule has 2 heterocycles. The SMILES string of the molecule is CC=CC1Oc2cccc(Cl)c2-c2ccc3c(c21)C(C)=CC(C)(C)N3. The number of rotatable bonds is 1. The Morgan fingerprint density at radius 1 is 1.16 bits per heavy atom. The van der Waals surface area contributed by atoms with E-state index in [-0.39, 0.29) is 11.6 Å². The highest BCUT2D eigenvalue weighted by atomic mass is 35.5. The van der Waals surface area contributed by atoms with Gasteiger partial charge in [0, 0.05) is 22.4 Å². The molecule has 2 nitrogen and oxygen atoms in total. The van der Waals surface area contributed by atoms with Gasteiger partial charge in [0.1, 0.15) is 11.9 Å². The predicted molar refractivity (Wildman–Crippen MR) is 106 cm³/mol. The Labute approximate surface area is 154 Å². The minimum Gasteiger partial charge on any atom is -0.481 e. The van der Waals surface area contributed by atoms with Crippen molar-refractivity contribution in [3.8, 4) is 16.9 Å². The average molecular weight is 352 g/mol. The lowest BCUT2D eigenvalue weighted by atomic mass is 9.82. The molecule has 0 radical (unpaired) electrons. The van der Waals surface area contributed by atoms with Crippen LogP contribution in [-0.4, -0.2) is 5.54 Å². The molecule has 0 saturated carbocycles. The molecule has 1 unspecified atom stereocenters. The van der Waals surface area contributed by atoms with Gasteiger partial charge in [-0.3, -0.25) is 0 Å². The Balaban J connectivity index is 2.04. The summed E-state index contributed by atoms with van der Waals surface area (Å²) in [5.41, 5.74) is 6.91. The average Bonchev–Trinajstić information content (AvgIpc) is 2.53. The van der Waals surface area contributed by atoms with Crippen molar-refractivity contribution in [2.24, 2.45) is 0 Å². The number of hydrogen-bond acceptors (Lipinski definition) is 2. The van der Waals surface area contributed by atoms with Crippen LogP contribution in [-0.2, 0) is 0 Å². The molecular formula is C22H22ClNO. The minimum atomic E-state index is -0.118. The van der Waals surface area contributed by atoms with Gasteiger partial charge in [0.15, 0.2) is 0 Å². The Hall–Kier alpha value is -2.19. The normalized spacial score (nSPS) is 20.0. The highest BCUT2D eigenvalue weighted by Crippen LogP contribution is 2.51. The molecule has 1 atom stereocenters. The van der Waals surface area contributed by atoms with Crippen molar-refractivity contribution in [2.45, 2.75) is 39.3 Å². The molecule has 0 bridgehead atoms. The summed E-state index contributed by atoms with van der Waals surface area (Å²) in [6, 6.07) is 10.2. The van der Waals surface area contributed by atoms with E-state index in [1.165, 1.54) is 16.7 Å². The minimum absolute atomic E-state index is 0.0630. The molecule has 3 heteroatoms. The first-order valence-corrected chi connectivity index (χ1v) is 9.02. The predicted octanol–water partition coefficient (Wildman–Crippen LogP) is 6.62. The van der Waals surface area contributed by atoms with E-state index >= 15 is 0 Å². The van der Waals surface area contributed by atoms with Gasteiger partial charge in [-0.05, 0) is 63.1 Å². The van der Waals surface area contributed by atoms with Gasteiger partial charge in [-0.2, -0.15) is 0 Å². The molecule has 2 aliphatic heterocycles. The van der Waals surface area contributed by atoms with Crippen LogP contribution in [0.15, 0.2) is 48.6 Å². The van der Waals surface area contributed by atoms with Crippen LogP contribution >= 0.6 is 11.6 Å². The monoisotopic (exact) mass is 351 g/mol. The molecule has 2 aromatic rings. The van der Waals surface area contributed by atoms with Crippen LogP contribution in [0.25, 0.3) is 16.7 Å². The van der Waals surface area contributed by atoms with E-state index in [1.807, 2.05) is 31.2 Å². The number of halogens is 1. The third-order valence-electron chi connectivity index (χ3n) is 4.82. The zero-order valence-electron chi connectivity index (χ0n) is 15.0. The lowest BCUT2D eigenvalue weighted by Gasteiger charge is -2.36. The number of ether oxygens (including phenoxy) is 1. The quantitative estimate of drug-likeness (QED) is 0.582. The maximum Gasteiger partial charge on any atom is 0.143 e. The number of benzene rings is 2. The van der Waals surface area contributed by atoms with E-state index in [0.29, 0.717) is 0 Å². The third kappa shape index (κ3) is 2.56. The summed E-state index contributed by atoms with van der Waals surface area (Å²) in [6.07, 6.45) is 6.32. The number of allylic oxidation sites excluding steroid dienone is 2. The van der Waals surface area contributed by atoms with Gasteiger partial charge in [0.25, 0.3) is 0 Å². The largest absolute Gasteiger partial charge is 0.481 e. The Bertz CT molecular complexity index is 924. The van der Waals surface area contributed by atoms with Crippen molar-refractivity contribution in [2.75, 3.05) is 5.32 Å². The van der Waals surface area contributed by atoms with Gasteiger partial charge >= 0.3 is 0 Å².